The van der Waals surface area contributed by atoms with Crippen molar-refractivity contribution < 1.29 is 4.42 Å². The molecule has 0 saturated heterocycles. The predicted octanol–water partition coefficient (Wildman–Crippen LogP) is 3.23. The Kier molecular flexibility index (Phi) is 2.49. The first-order valence-electron chi connectivity index (χ1n) is 3.23. The fraction of sp³-hybridized carbons (Fsp3) is 0.571. The summed E-state index contributed by atoms with van der Waals surface area (Å²) in [7, 11) is 0. The van der Waals surface area contributed by atoms with Crippen LogP contribution in [0.1, 0.15) is 26.5 Å². The van der Waals surface area contributed by atoms with Gasteiger partial charge in [0.1, 0.15) is 5.69 Å². The van der Waals surface area contributed by atoms with E-state index in [9.17, 15) is 0 Å². The average Bonchev–Trinajstić information content (AvgIpc) is 2.08. The summed E-state index contributed by atoms with van der Waals surface area (Å²) in [5.74, 6) is 0. The molecule has 1 aromatic rings. The Bertz CT molecular complexity index is 264. The summed E-state index contributed by atoms with van der Waals surface area (Å²) in [5, 5.41) is 0.405. The Morgan fingerprint density at radius 1 is 1.45 bits per heavy atom. The third-order valence-electron chi connectivity index (χ3n) is 1.27. The average molecular weight is 286 g/mol. The van der Waals surface area contributed by atoms with E-state index in [-0.39, 0.29) is 5.41 Å². The van der Waals surface area contributed by atoms with Crippen LogP contribution in [0, 0.1) is 3.90 Å². The minimum atomic E-state index is -0.0377. The van der Waals surface area contributed by atoms with Crippen LogP contribution >= 0.6 is 34.2 Å². The molecular weight excluding hydrogens is 276 g/mol. The summed E-state index contributed by atoms with van der Waals surface area (Å²) in [6, 6.07) is 0. The first kappa shape index (κ1) is 9.32. The molecule has 1 heterocycles. The summed E-state index contributed by atoms with van der Waals surface area (Å²) in [5.41, 5.74) is 0.785. The molecule has 0 saturated carbocycles. The van der Waals surface area contributed by atoms with Crippen LogP contribution in [0.4, 0.5) is 0 Å². The molecule has 62 valence electrons. The number of oxazole rings is 1. The molecule has 0 N–H and O–H groups in total. The molecule has 0 aromatic carbocycles. The smallest absolute Gasteiger partial charge is 0.258 e. The maximum absolute atomic E-state index is 5.80. The molecule has 0 aliphatic heterocycles. The zero-order valence-electron chi connectivity index (χ0n) is 6.61. The summed E-state index contributed by atoms with van der Waals surface area (Å²) >= 11 is 7.80. The van der Waals surface area contributed by atoms with Crippen LogP contribution in [0.2, 0.25) is 5.22 Å². The summed E-state index contributed by atoms with van der Waals surface area (Å²) < 4.78 is 5.68. The van der Waals surface area contributed by atoms with Gasteiger partial charge in [-0.05, 0) is 11.6 Å². The predicted molar refractivity (Wildman–Crippen MR) is 52.9 cm³/mol. The second-order valence-electron chi connectivity index (χ2n) is 3.34. The van der Waals surface area contributed by atoms with Gasteiger partial charge in [-0.1, -0.05) is 20.8 Å². The fourth-order valence-electron chi connectivity index (χ4n) is 0.739. The second-order valence-corrected chi connectivity index (χ2v) is 4.61. The molecular formula is C7H9ClINO. The van der Waals surface area contributed by atoms with E-state index in [1.807, 2.05) is 43.4 Å². The Balaban J connectivity index is 3.13. The van der Waals surface area contributed by atoms with E-state index in [1.54, 1.807) is 0 Å². The maximum atomic E-state index is 5.80. The van der Waals surface area contributed by atoms with E-state index in [1.165, 1.54) is 0 Å². The van der Waals surface area contributed by atoms with Crippen molar-refractivity contribution in [1.82, 2.24) is 4.98 Å². The van der Waals surface area contributed by atoms with Crippen molar-refractivity contribution in [3.63, 3.8) is 0 Å². The molecule has 11 heavy (non-hydrogen) atoms. The standard InChI is InChI=1S/C7H9ClINO/c1-7(2,3)4-5(8)11-6(9)10-4/h1-3H3. The molecule has 0 amide bonds. The Morgan fingerprint density at radius 3 is 2.18 bits per heavy atom. The second kappa shape index (κ2) is 2.94. The molecule has 0 radical (unpaired) electrons. The lowest BCUT2D eigenvalue weighted by Crippen LogP contribution is -2.12. The van der Waals surface area contributed by atoms with Gasteiger partial charge in [-0.25, -0.2) is 4.98 Å². The number of hydrogen-bond acceptors (Lipinski definition) is 2. The van der Waals surface area contributed by atoms with E-state index in [0.29, 0.717) is 9.12 Å². The van der Waals surface area contributed by atoms with Crippen LogP contribution < -0.4 is 0 Å². The summed E-state index contributed by atoms with van der Waals surface area (Å²) in [6.45, 7) is 6.15. The van der Waals surface area contributed by atoms with Gasteiger partial charge < -0.3 is 4.42 Å². The van der Waals surface area contributed by atoms with Crippen molar-refractivity contribution in [2.75, 3.05) is 0 Å². The van der Waals surface area contributed by atoms with Crippen molar-refractivity contribution in [2.24, 2.45) is 0 Å². The van der Waals surface area contributed by atoms with Gasteiger partial charge in [-0.3, -0.25) is 0 Å². The minimum absolute atomic E-state index is 0.0377. The van der Waals surface area contributed by atoms with Crippen LogP contribution in [-0.2, 0) is 5.41 Å². The van der Waals surface area contributed by atoms with Crippen molar-refractivity contribution in [2.45, 2.75) is 26.2 Å². The first-order chi connectivity index (χ1) is 4.91. The molecule has 1 rings (SSSR count). The molecule has 0 unspecified atom stereocenters. The minimum Gasteiger partial charge on any atom is -0.420 e. The van der Waals surface area contributed by atoms with Crippen molar-refractivity contribution in [3.05, 3.63) is 14.8 Å². The highest BCUT2D eigenvalue weighted by atomic mass is 127. The zero-order valence-corrected chi connectivity index (χ0v) is 9.52. The van der Waals surface area contributed by atoms with Crippen LogP contribution in [0.25, 0.3) is 0 Å². The molecule has 0 bridgehead atoms. The maximum Gasteiger partial charge on any atom is 0.258 e. The number of rotatable bonds is 0. The largest absolute Gasteiger partial charge is 0.420 e. The quantitative estimate of drug-likeness (QED) is 0.684. The van der Waals surface area contributed by atoms with Gasteiger partial charge in [-0.2, -0.15) is 0 Å². The van der Waals surface area contributed by atoms with E-state index < -0.39 is 0 Å². The molecule has 0 aliphatic rings. The van der Waals surface area contributed by atoms with E-state index >= 15 is 0 Å². The molecule has 0 fully saturated rings. The monoisotopic (exact) mass is 285 g/mol. The Hall–Kier alpha value is 0.230. The Labute approximate surface area is 84.5 Å². The van der Waals surface area contributed by atoms with Crippen LogP contribution in [0.15, 0.2) is 4.42 Å². The summed E-state index contributed by atoms with van der Waals surface area (Å²) in [4.78, 5) is 4.17. The van der Waals surface area contributed by atoms with Gasteiger partial charge in [0.2, 0.25) is 5.22 Å². The Morgan fingerprint density at radius 2 is 2.00 bits per heavy atom. The van der Waals surface area contributed by atoms with Gasteiger partial charge in [0.25, 0.3) is 3.90 Å². The van der Waals surface area contributed by atoms with Gasteiger partial charge in [0, 0.05) is 28.0 Å². The van der Waals surface area contributed by atoms with Crippen LogP contribution in [0.3, 0.4) is 0 Å². The number of hydrogen-bond donors (Lipinski definition) is 0. The van der Waals surface area contributed by atoms with Crippen LogP contribution in [0.5, 0.6) is 0 Å². The van der Waals surface area contributed by atoms with Crippen molar-refractivity contribution in [3.8, 4) is 0 Å². The van der Waals surface area contributed by atoms with Crippen molar-refractivity contribution in [1.29, 1.82) is 0 Å². The summed E-state index contributed by atoms with van der Waals surface area (Å²) in [6.07, 6.45) is 0. The highest BCUT2D eigenvalue weighted by molar-refractivity contribution is 14.1. The number of nitrogens with zero attached hydrogens (tertiary/aromatic N) is 1. The van der Waals surface area contributed by atoms with Gasteiger partial charge in [0.15, 0.2) is 0 Å². The third-order valence-corrected chi connectivity index (χ3v) is 1.99. The molecule has 0 aliphatic carbocycles. The van der Waals surface area contributed by atoms with Crippen LogP contribution in [-0.4, -0.2) is 4.98 Å². The van der Waals surface area contributed by atoms with Gasteiger partial charge in [-0.15, -0.1) is 0 Å². The van der Waals surface area contributed by atoms with Gasteiger partial charge in [0.05, 0.1) is 0 Å². The van der Waals surface area contributed by atoms with E-state index in [4.69, 9.17) is 16.0 Å². The highest BCUT2D eigenvalue weighted by Gasteiger charge is 2.22. The molecule has 2 nitrogen and oxygen atoms in total. The topological polar surface area (TPSA) is 26.0 Å². The van der Waals surface area contributed by atoms with Crippen molar-refractivity contribution >= 4 is 34.2 Å². The first-order valence-corrected chi connectivity index (χ1v) is 4.69. The molecule has 4 heteroatoms. The lowest BCUT2D eigenvalue weighted by molar-refractivity contribution is 0.519. The van der Waals surface area contributed by atoms with Gasteiger partial charge >= 0.3 is 0 Å². The lowest BCUT2D eigenvalue weighted by Gasteiger charge is -2.13. The molecule has 1 aromatic heterocycles. The fourth-order valence-corrected chi connectivity index (χ4v) is 1.73. The lowest BCUT2D eigenvalue weighted by atomic mass is 9.93. The number of aromatic nitrogens is 1. The van der Waals surface area contributed by atoms with E-state index in [2.05, 4.69) is 4.98 Å². The normalized spacial score (nSPS) is 12.1. The SMILES string of the molecule is CC(C)(C)c1nc(I)oc1Cl. The highest BCUT2D eigenvalue weighted by Crippen LogP contribution is 2.29. The number of halogens is 2. The third kappa shape index (κ3) is 2.08. The molecule has 0 atom stereocenters. The zero-order chi connectivity index (χ0) is 8.65. The van der Waals surface area contributed by atoms with E-state index in [0.717, 1.165) is 5.69 Å². The molecule has 0 spiro atoms.